The third kappa shape index (κ3) is 4.15. The largest absolute Gasteiger partial charge is 0.496 e. The van der Waals surface area contributed by atoms with Gasteiger partial charge in [0.15, 0.2) is 17.6 Å². The predicted molar refractivity (Wildman–Crippen MR) is 89.3 cm³/mol. The molecule has 0 aliphatic carbocycles. The van der Waals surface area contributed by atoms with Gasteiger partial charge in [-0.3, -0.25) is 0 Å². The molecule has 0 fully saturated rings. The van der Waals surface area contributed by atoms with Crippen molar-refractivity contribution < 1.29 is 19.3 Å². The monoisotopic (exact) mass is 317 g/mol. The molecular weight excluding hydrogens is 294 g/mol. The molecule has 2 unspecified atom stereocenters. The van der Waals surface area contributed by atoms with E-state index in [9.17, 15) is 5.11 Å². The van der Waals surface area contributed by atoms with Gasteiger partial charge in [0.2, 0.25) is 0 Å². The van der Waals surface area contributed by atoms with Crippen LogP contribution in [0.2, 0.25) is 0 Å². The lowest BCUT2D eigenvalue weighted by Crippen LogP contribution is -2.33. The van der Waals surface area contributed by atoms with E-state index < -0.39 is 12.2 Å². The Morgan fingerprint density at radius 1 is 0.913 bits per heavy atom. The van der Waals surface area contributed by atoms with Crippen molar-refractivity contribution in [1.82, 2.24) is 5.32 Å². The summed E-state index contributed by atoms with van der Waals surface area (Å²) in [6.45, 7) is 0.387. The molecule has 2 aromatic carbocycles. The molecule has 0 saturated carbocycles. The number of rotatable bonds is 8. The second kappa shape index (κ2) is 8.41. The molecule has 0 aromatic heterocycles. The minimum absolute atomic E-state index is 0.387. The van der Waals surface area contributed by atoms with E-state index in [1.165, 1.54) is 0 Å². The van der Waals surface area contributed by atoms with Gasteiger partial charge in [0.05, 0.1) is 14.2 Å². The van der Waals surface area contributed by atoms with E-state index in [0.29, 0.717) is 23.8 Å². The summed E-state index contributed by atoms with van der Waals surface area (Å²) in [5.74, 6) is 1.85. The summed E-state index contributed by atoms with van der Waals surface area (Å²) < 4.78 is 16.8. The van der Waals surface area contributed by atoms with Crippen LogP contribution in [0.5, 0.6) is 17.2 Å². The van der Waals surface area contributed by atoms with Crippen LogP contribution in [-0.4, -0.2) is 39.0 Å². The fraction of sp³-hybridized carbons (Fsp3) is 0.333. The van der Waals surface area contributed by atoms with E-state index in [1.54, 1.807) is 21.3 Å². The summed E-state index contributed by atoms with van der Waals surface area (Å²) in [6, 6.07) is 14.9. The first-order valence-electron chi connectivity index (χ1n) is 7.46. The lowest BCUT2D eigenvalue weighted by Gasteiger charge is -2.26. The Balaban J connectivity index is 2.38. The van der Waals surface area contributed by atoms with E-state index >= 15 is 0 Å². The molecule has 23 heavy (non-hydrogen) atoms. The number of methoxy groups -OCH3 is 2. The fourth-order valence-electron chi connectivity index (χ4n) is 2.42. The van der Waals surface area contributed by atoms with E-state index in [0.717, 1.165) is 5.56 Å². The summed E-state index contributed by atoms with van der Waals surface area (Å²) in [5.41, 5.74) is 0.781. The van der Waals surface area contributed by atoms with Crippen molar-refractivity contribution in [3.05, 3.63) is 54.1 Å². The van der Waals surface area contributed by atoms with Crippen LogP contribution in [-0.2, 0) is 0 Å². The molecule has 0 radical (unpaired) electrons. The van der Waals surface area contributed by atoms with Crippen molar-refractivity contribution >= 4 is 0 Å². The first-order valence-corrected chi connectivity index (χ1v) is 7.46. The van der Waals surface area contributed by atoms with Crippen molar-refractivity contribution in [3.8, 4) is 17.2 Å². The van der Waals surface area contributed by atoms with Gasteiger partial charge in [-0.2, -0.15) is 0 Å². The first kappa shape index (κ1) is 17.1. The van der Waals surface area contributed by atoms with Gasteiger partial charge in [-0.05, 0) is 25.2 Å². The Hall–Kier alpha value is -2.24. The quantitative estimate of drug-likeness (QED) is 0.783. The minimum Gasteiger partial charge on any atom is -0.496 e. The molecule has 5 heteroatoms. The molecule has 124 valence electrons. The first-order chi connectivity index (χ1) is 11.2. The highest BCUT2D eigenvalue weighted by Crippen LogP contribution is 2.35. The molecule has 2 atom stereocenters. The number of aliphatic hydroxyl groups excluding tert-OH is 1. The molecule has 2 N–H and O–H groups in total. The van der Waals surface area contributed by atoms with Crippen LogP contribution in [0.3, 0.4) is 0 Å². The van der Waals surface area contributed by atoms with Crippen LogP contribution in [0.25, 0.3) is 0 Å². The predicted octanol–water partition coefficient (Wildman–Crippen LogP) is 2.40. The normalized spacial score (nSPS) is 13.2. The van der Waals surface area contributed by atoms with Crippen LogP contribution in [0.4, 0.5) is 0 Å². The molecule has 0 aliphatic rings. The number of hydrogen-bond donors (Lipinski definition) is 2. The number of hydrogen-bond acceptors (Lipinski definition) is 5. The van der Waals surface area contributed by atoms with Crippen LogP contribution in [0.15, 0.2) is 48.5 Å². The number of nitrogens with one attached hydrogen (secondary N) is 1. The lowest BCUT2D eigenvalue weighted by molar-refractivity contribution is 0.0340. The van der Waals surface area contributed by atoms with Gasteiger partial charge in [0.25, 0.3) is 0 Å². The van der Waals surface area contributed by atoms with E-state index in [-0.39, 0.29) is 0 Å². The molecular formula is C18H23NO4. The van der Waals surface area contributed by atoms with Crippen LogP contribution in [0, 0.1) is 0 Å². The van der Waals surface area contributed by atoms with E-state index in [2.05, 4.69) is 5.32 Å². The lowest BCUT2D eigenvalue weighted by atomic mass is 10.0. The summed E-state index contributed by atoms with van der Waals surface area (Å²) >= 11 is 0. The molecule has 2 rings (SSSR count). The molecule has 0 saturated heterocycles. The maximum Gasteiger partial charge on any atom is 0.162 e. The number of ether oxygens (including phenoxy) is 3. The Bertz CT molecular complexity index is 617. The summed E-state index contributed by atoms with van der Waals surface area (Å²) in [7, 11) is 4.97. The van der Waals surface area contributed by atoms with Crippen molar-refractivity contribution in [1.29, 1.82) is 0 Å². The van der Waals surface area contributed by atoms with Crippen molar-refractivity contribution in [3.63, 3.8) is 0 Å². The molecule has 0 amide bonds. The van der Waals surface area contributed by atoms with E-state index in [4.69, 9.17) is 14.2 Å². The zero-order valence-electron chi connectivity index (χ0n) is 13.7. The Morgan fingerprint density at radius 2 is 1.48 bits per heavy atom. The molecule has 5 nitrogen and oxygen atoms in total. The average Bonchev–Trinajstić information content (AvgIpc) is 2.60. The van der Waals surface area contributed by atoms with Gasteiger partial charge in [-0.1, -0.05) is 30.3 Å². The maximum absolute atomic E-state index is 10.5. The van der Waals surface area contributed by atoms with Gasteiger partial charge < -0.3 is 24.6 Å². The van der Waals surface area contributed by atoms with Gasteiger partial charge in [0, 0.05) is 12.1 Å². The molecule has 0 aliphatic heterocycles. The molecule has 0 heterocycles. The third-order valence-electron chi connectivity index (χ3n) is 3.53. The Labute approximate surface area is 136 Å². The van der Waals surface area contributed by atoms with Crippen LogP contribution in [0.1, 0.15) is 11.7 Å². The molecule has 0 bridgehead atoms. The Morgan fingerprint density at radius 3 is 2.09 bits per heavy atom. The zero-order valence-corrected chi connectivity index (χ0v) is 13.7. The average molecular weight is 317 g/mol. The zero-order chi connectivity index (χ0) is 16.7. The van der Waals surface area contributed by atoms with Crippen molar-refractivity contribution in [2.75, 3.05) is 27.8 Å². The van der Waals surface area contributed by atoms with Crippen LogP contribution >= 0.6 is 0 Å². The molecule has 0 spiro atoms. The highest BCUT2D eigenvalue weighted by atomic mass is 16.5. The van der Waals surface area contributed by atoms with Crippen molar-refractivity contribution in [2.45, 2.75) is 12.2 Å². The summed E-state index contributed by atoms with van der Waals surface area (Å²) in [4.78, 5) is 0. The third-order valence-corrected chi connectivity index (χ3v) is 3.53. The van der Waals surface area contributed by atoms with Gasteiger partial charge >= 0.3 is 0 Å². The fourth-order valence-corrected chi connectivity index (χ4v) is 2.42. The molecule has 2 aromatic rings. The summed E-state index contributed by atoms with van der Waals surface area (Å²) in [6.07, 6.45) is -1.34. The number of benzene rings is 2. The second-order valence-corrected chi connectivity index (χ2v) is 5.06. The highest BCUT2D eigenvalue weighted by Gasteiger charge is 2.26. The number of aliphatic hydroxyl groups is 1. The van der Waals surface area contributed by atoms with Gasteiger partial charge in [0.1, 0.15) is 11.9 Å². The van der Waals surface area contributed by atoms with Crippen molar-refractivity contribution in [2.24, 2.45) is 0 Å². The smallest absolute Gasteiger partial charge is 0.162 e. The van der Waals surface area contributed by atoms with Gasteiger partial charge in [-0.25, -0.2) is 0 Å². The standard InChI is InChI=1S/C18H23NO4/c1-19-12-14(20)18(13-8-4-5-9-15(13)21-2)23-17-11-7-6-10-16(17)22-3/h4-11,14,18-20H,12H2,1-3H3. The summed E-state index contributed by atoms with van der Waals surface area (Å²) in [5, 5.41) is 13.5. The number of likely N-dealkylation sites (N-methyl/N-ethyl adjacent to an activating group) is 1. The van der Waals surface area contributed by atoms with Crippen LogP contribution < -0.4 is 19.5 Å². The minimum atomic E-state index is -0.749. The second-order valence-electron chi connectivity index (χ2n) is 5.06. The Kier molecular flexibility index (Phi) is 6.26. The topological polar surface area (TPSA) is 60.0 Å². The SMILES string of the molecule is CNCC(O)C(Oc1ccccc1OC)c1ccccc1OC. The number of para-hydroxylation sites is 3. The highest BCUT2D eigenvalue weighted by molar-refractivity contribution is 5.42. The van der Waals surface area contributed by atoms with E-state index in [1.807, 2.05) is 48.5 Å². The van der Waals surface area contributed by atoms with Gasteiger partial charge in [-0.15, -0.1) is 0 Å². The maximum atomic E-state index is 10.5.